The quantitative estimate of drug-likeness (QED) is 0.466. The van der Waals surface area contributed by atoms with Gasteiger partial charge in [0.25, 0.3) is 0 Å². The third kappa shape index (κ3) is 4.70. The van der Waals surface area contributed by atoms with E-state index in [0.717, 1.165) is 27.3 Å². The van der Waals surface area contributed by atoms with Crippen LogP contribution in [0.2, 0.25) is 0 Å². The Kier molecular flexibility index (Phi) is 6.68. The number of fused-ring (bicyclic) bond motifs is 2. The highest BCUT2D eigenvalue weighted by Crippen LogP contribution is 2.35. The SMILES string of the molecule is COc1ccc2nccc(N3C[C@@H](NCC4CN(c5ccc6c(c5)NC(=O)CS6)C(=O)O4)[C@H](OC)C3)c2n1. The van der Waals surface area contributed by atoms with E-state index < -0.39 is 6.09 Å². The number of carbonyl (C=O) groups is 2. The zero-order valence-electron chi connectivity index (χ0n) is 21.0. The van der Waals surface area contributed by atoms with Gasteiger partial charge < -0.3 is 29.7 Å². The Morgan fingerprint density at radius 2 is 2.05 bits per heavy atom. The number of hydrogen-bond donors (Lipinski definition) is 2. The summed E-state index contributed by atoms with van der Waals surface area (Å²) in [6, 6.07) is 11.3. The number of thioether (sulfide) groups is 1. The van der Waals surface area contributed by atoms with Crippen molar-refractivity contribution in [3.63, 3.8) is 0 Å². The summed E-state index contributed by atoms with van der Waals surface area (Å²) in [5.74, 6) is 0.893. The maximum atomic E-state index is 12.7. The number of carbonyl (C=O) groups excluding carboxylic acids is 2. The minimum atomic E-state index is -0.397. The lowest BCUT2D eigenvalue weighted by atomic mass is 10.2. The zero-order valence-corrected chi connectivity index (χ0v) is 21.9. The molecule has 1 aromatic carbocycles. The lowest BCUT2D eigenvalue weighted by Gasteiger charge is -2.21. The predicted molar refractivity (Wildman–Crippen MR) is 144 cm³/mol. The van der Waals surface area contributed by atoms with Crippen molar-refractivity contribution in [3.05, 3.63) is 42.6 Å². The van der Waals surface area contributed by atoms with Gasteiger partial charge in [-0.25, -0.2) is 9.78 Å². The number of methoxy groups -OCH3 is 2. The molecule has 2 saturated heterocycles. The minimum absolute atomic E-state index is 0.0255. The van der Waals surface area contributed by atoms with Gasteiger partial charge in [0.2, 0.25) is 11.8 Å². The molecule has 0 bridgehead atoms. The van der Waals surface area contributed by atoms with Crippen LogP contribution in [-0.2, 0) is 14.3 Å². The van der Waals surface area contributed by atoms with Crippen molar-refractivity contribution in [2.75, 3.05) is 61.3 Å². The molecule has 11 nitrogen and oxygen atoms in total. The number of aromatic nitrogens is 2. The number of pyridine rings is 2. The number of benzene rings is 1. The van der Waals surface area contributed by atoms with E-state index in [4.69, 9.17) is 14.2 Å². The van der Waals surface area contributed by atoms with Gasteiger partial charge in [-0.15, -0.1) is 11.8 Å². The molecule has 3 aliphatic rings. The smallest absolute Gasteiger partial charge is 0.414 e. The highest BCUT2D eigenvalue weighted by Gasteiger charge is 2.37. The van der Waals surface area contributed by atoms with Crippen LogP contribution in [0.5, 0.6) is 5.88 Å². The van der Waals surface area contributed by atoms with Crippen LogP contribution >= 0.6 is 11.8 Å². The highest BCUT2D eigenvalue weighted by atomic mass is 32.2. The van der Waals surface area contributed by atoms with E-state index in [9.17, 15) is 9.59 Å². The van der Waals surface area contributed by atoms with Crippen molar-refractivity contribution < 1.29 is 23.8 Å². The number of rotatable bonds is 7. The van der Waals surface area contributed by atoms with E-state index in [1.165, 1.54) is 11.8 Å². The fourth-order valence-electron chi connectivity index (χ4n) is 5.13. The van der Waals surface area contributed by atoms with Gasteiger partial charge in [-0.3, -0.25) is 14.7 Å². The molecule has 2 aromatic heterocycles. The topological polar surface area (TPSA) is 118 Å². The fraction of sp³-hybridized carbons (Fsp3) is 0.385. The second-order valence-electron chi connectivity index (χ2n) is 9.38. The van der Waals surface area contributed by atoms with Gasteiger partial charge in [0.15, 0.2) is 0 Å². The molecule has 3 atom stereocenters. The summed E-state index contributed by atoms with van der Waals surface area (Å²) >= 11 is 1.49. The Balaban J connectivity index is 1.12. The molecule has 6 rings (SSSR count). The first-order valence-corrected chi connectivity index (χ1v) is 13.4. The van der Waals surface area contributed by atoms with Crippen LogP contribution in [0.25, 0.3) is 11.0 Å². The second kappa shape index (κ2) is 10.3. The first-order valence-electron chi connectivity index (χ1n) is 12.4. The average Bonchev–Trinajstić information content (AvgIpc) is 3.53. The van der Waals surface area contributed by atoms with E-state index in [1.54, 1.807) is 31.4 Å². The van der Waals surface area contributed by atoms with Crippen molar-refractivity contribution in [1.82, 2.24) is 15.3 Å². The van der Waals surface area contributed by atoms with Crippen LogP contribution in [0.3, 0.4) is 0 Å². The van der Waals surface area contributed by atoms with E-state index in [2.05, 4.69) is 25.5 Å². The molecular weight excluding hydrogens is 508 g/mol. The lowest BCUT2D eigenvalue weighted by molar-refractivity contribution is -0.113. The summed E-state index contributed by atoms with van der Waals surface area (Å²) in [5.41, 5.74) is 3.97. The molecule has 3 aliphatic heterocycles. The van der Waals surface area contributed by atoms with Gasteiger partial charge in [0.05, 0.1) is 48.4 Å². The summed E-state index contributed by atoms with van der Waals surface area (Å²) in [6.45, 7) is 2.28. The highest BCUT2D eigenvalue weighted by molar-refractivity contribution is 8.00. The van der Waals surface area contributed by atoms with Crippen molar-refractivity contribution in [2.24, 2.45) is 0 Å². The van der Waals surface area contributed by atoms with E-state index in [-0.39, 0.29) is 24.2 Å². The number of hydrogen-bond acceptors (Lipinski definition) is 10. The third-order valence-corrected chi connectivity index (χ3v) is 8.12. The molecule has 2 N–H and O–H groups in total. The van der Waals surface area contributed by atoms with Gasteiger partial charge >= 0.3 is 6.09 Å². The van der Waals surface area contributed by atoms with Gasteiger partial charge in [0.1, 0.15) is 11.6 Å². The number of nitrogens with one attached hydrogen (secondary N) is 2. The largest absolute Gasteiger partial charge is 0.481 e. The predicted octanol–water partition coefficient (Wildman–Crippen LogP) is 2.50. The Bertz CT molecular complexity index is 1390. The summed E-state index contributed by atoms with van der Waals surface area (Å²) < 4.78 is 16.8. The van der Waals surface area contributed by atoms with Gasteiger partial charge in [-0.2, -0.15) is 0 Å². The number of amides is 2. The molecule has 0 radical (unpaired) electrons. The van der Waals surface area contributed by atoms with E-state index in [0.29, 0.717) is 43.5 Å². The fourth-order valence-corrected chi connectivity index (χ4v) is 5.92. The van der Waals surface area contributed by atoms with Crippen molar-refractivity contribution in [3.8, 4) is 5.88 Å². The van der Waals surface area contributed by atoms with Crippen molar-refractivity contribution in [1.29, 1.82) is 0 Å². The molecule has 0 saturated carbocycles. The van der Waals surface area contributed by atoms with Crippen LogP contribution in [0.1, 0.15) is 0 Å². The number of anilines is 3. The molecule has 0 aliphatic carbocycles. The van der Waals surface area contributed by atoms with Crippen LogP contribution in [0, 0.1) is 0 Å². The molecule has 5 heterocycles. The molecule has 12 heteroatoms. The van der Waals surface area contributed by atoms with Crippen LogP contribution < -0.4 is 25.2 Å². The molecular formula is C26H28N6O5S. The summed E-state index contributed by atoms with van der Waals surface area (Å²) in [7, 11) is 3.31. The maximum Gasteiger partial charge on any atom is 0.414 e. The second-order valence-corrected chi connectivity index (χ2v) is 10.4. The monoisotopic (exact) mass is 536 g/mol. The van der Waals surface area contributed by atoms with Crippen molar-refractivity contribution >= 4 is 51.9 Å². The van der Waals surface area contributed by atoms with E-state index in [1.807, 2.05) is 30.3 Å². The maximum absolute atomic E-state index is 12.7. The molecule has 0 spiro atoms. The zero-order chi connectivity index (χ0) is 26.2. The van der Waals surface area contributed by atoms with Crippen LogP contribution in [-0.4, -0.2) is 86.4 Å². The summed E-state index contributed by atoms with van der Waals surface area (Å²) in [4.78, 5) is 38.3. The van der Waals surface area contributed by atoms with Crippen LogP contribution in [0.15, 0.2) is 47.5 Å². The first-order chi connectivity index (χ1) is 18.5. The third-order valence-electron chi connectivity index (χ3n) is 7.05. The Morgan fingerprint density at radius 1 is 1.16 bits per heavy atom. The summed E-state index contributed by atoms with van der Waals surface area (Å²) in [5, 5.41) is 6.43. The molecule has 2 fully saturated rings. The van der Waals surface area contributed by atoms with Gasteiger partial charge in [-0.1, -0.05) is 0 Å². The molecule has 1 unspecified atom stereocenters. The van der Waals surface area contributed by atoms with Crippen molar-refractivity contribution in [2.45, 2.75) is 23.1 Å². The number of cyclic esters (lactones) is 1. The first kappa shape index (κ1) is 24.7. The molecule has 38 heavy (non-hydrogen) atoms. The van der Waals surface area contributed by atoms with Gasteiger partial charge in [0, 0.05) is 49.6 Å². The lowest BCUT2D eigenvalue weighted by Crippen LogP contribution is -2.44. The van der Waals surface area contributed by atoms with Gasteiger partial charge in [-0.05, 0) is 30.3 Å². The normalized spacial score (nSPS) is 22.9. The van der Waals surface area contributed by atoms with E-state index >= 15 is 0 Å². The minimum Gasteiger partial charge on any atom is -0.481 e. The molecule has 198 valence electrons. The number of nitrogens with zero attached hydrogens (tertiary/aromatic N) is 4. The standard InChI is InChI=1S/C26H28N6O5S/c1-35-21-13-31(20-7-8-27-17-4-6-24(36-2)30-25(17)20)12-19(21)28-10-16-11-32(26(34)37-16)15-3-5-22-18(9-15)29-23(33)14-38-22/h3-9,16,19,21,28H,10-14H2,1-2H3,(H,29,33)/t16?,19-,21-/m1/s1. The Labute approximate surface area is 223 Å². The van der Waals surface area contributed by atoms with Crippen LogP contribution in [0.4, 0.5) is 21.9 Å². The number of ether oxygens (including phenoxy) is 3. The average molecular weight is 537 g/mol. The summed E-state index contributed by atoms with van der Waals surface area (Å²) in [6.07, 6.45) is 1.01. The molecule has 2 amide bonds. The Hall–Kier alpha value is -3.61. The molecule has 3 aromatic rings. The Morgan fingerprint density at radius 3 is 2.89 bits per heavy atom.